The first-order valence-corrected chi connectivity index (χ1v) is 8.12. The fourth-order valence-corrected chi connectivity index (χ4v) is 3.47. The maximum atomic E-state index is 10.00. The Balaban J connectivity index is 2.04. The first-order chi connectivity index (χ1) is 9.17. The predicted molar refractivity (Wildman–Crippen MR) is 80.1 cm³/mol. The summed E-state index contributed by atoms with van der Waals surface area (Å²) in [4.78, 5) is 0. The van der Waals surface area contributed by atoms with Gasteiger partial charge in [-0.3, -0.25) is 4.68 Å². The van der Waals surface area contributed by atoms with Crippen molar-refractivity contribution in [1.82, 2.24) is 15.1 Å². The largest absolute Gasteiger partial charge is 0.392 e. The Morgan fingerprint density at radius 3 is 2.74 bits per heavy atom. The molecule has 5 heteroatoms. The molecule has 108 valence electrons. The smallest absolute Gasteiger partial charge is 0.0767 e. The molecule has 0 amide bonds. The third-order valence-electron chi connectivity index (χ3n) is 3.96. The highest BCUT2D eigenvalue weighted by Crippen LogP contribution is 2.24. The zero-order valence-corrected chi connectivity index (χ0v) is 13.4. The second kappa shape index (κ2) is 6.86. The second-order valence-corrected chi connectivity index (χ2v) is 6.01. The number of aromatic nitrogens is 2. The van der Waals surface area contributed by atoms with Gasteiger partial charge in [0.05, 0.1) is 22.0 Å². The molecule has 0 bridgehead atoms. The lowest BCUT2D eigenvalue weighted by molar-refractivity contribution is 0.0898. The van der Waals surface area contributed by atoms with Gasteiger partial charge >= 0.3 is 0 Å². The number of hydrogen-bond acceptors (Lipinski definition) is 3. The fourth-order valence-electron chi connectivity index (χ4n) is 2.76. The SMILES string of the molecule is CCc1nn(CC)c(CNC2CCCCC2O)c1Br. The summed E-state index contributed by atoms with van der Waals surface area (Å²) >= 11 is 3.66. The van der Waals surface area contributed by atoms with Crippen LogP contribution in [0, 0.1) is 0 Å². The van der Waals surface area contributed by atoms with Crippen LogP contribution in [-0.2, 0) is 19.5 Å². The molecular formula is C14H24BrN3O. The van der Waals surface area contributed by atoms with Gasteiger partial charge in [0.2, 0.25) is 0 Å². The minimum absolute atomic E-state index is 0.198. The zero-order chi connectivity index (χ0) is 13.8. The highest BCUT2D eigenvalue weighted by Gasteiger charge is 2.23. The van der Waals surface area contributed by atoms with Crippen molar-refractivity contribution in [3.05, 3.63) is 15.9 Å². The van der Waals surface area contributed by atoms with E-state index in [1.807, 2.05) is 4.68 Å². The molecular weight excluding hydrogens is 306 g/mol. The Morgan fingerprint density at radius 2 is 2.11 bits per heavy atom. The van der Waals surface area contributed by atoms with Crippen molar-refractivity contribution in [1.29, 1.82) is 0 Å². The first-order valence-electron chi connectivity index (χ1n) is 7.32. The van der Waals surface area contributed by atoms with Crippen LogP contribution in [0.5, 0.6) is 0 Å². The minimum Gasteiger partial charge on any atom is -0.392 e. The predicted octanol–water partition coefficient (Wildman–Crippen LogP) is 2.62. The van der Waals surface area contributed by atoms with Gasteiger partial charge in [-0.2, -0.15) is 5.10 Å². The van der Waals surface area contributed by atoms with Crippen LogP contribution in [0.25, 0.3) is 0 Å². The third kappa shape index (κ3) is 3.38. The first kappa shape index (κ1) is 15.0. The highest BCUT2D eigenvalue weighted by atomic mass is 79.9. The monoisotopic (exact) mass is 329 g/mol. The molecule has 0 aromatic carbocycles. The molecule has 2 rings (SSSR count). The van der Waals surface area contributed by atoms with Crippen LogP contribution in [-0.4, -0.2) is 27.0 Å². The van der Waals surface area contributed by atoms with Gasteiger partial charge in [0.1, 0.15) is 0 Å². The van der Waals surface area contributed by atoms with Crippen molar-refractivity contribution in [2.75, 3.05) is 0 Å². The normalized spacial score (nSPS) is 23.8. The molecule has 1 aliphatic carbocycles. The Morgan fingerprint density at radius 1 is 1.37 bits per heavy atom. The summed E-state index contributed by atoms with van der Waals surface area (Å²) in [7, 11) is 0. The van der Waals surface area contributed by atoms with Crippen molar-refractivity contribution < 1.29 is 5.11 Å². The van der Waals surface area contributed by atoms with Crippen LogP contribution < -0.4 is 5.32 Å². The maximum Gasteiger partial charge on any atom is 0.0767 e. The number of rotatable bonds is 5. The molecule has 0 radical (unpaired) electrons. The molecule has 1 aromatic rings. The molecule has 0 spiro atoms. The summed E-state index contributed by atoms with van der Waals surface area (Å²) in [5, 5.41) is 18.1. The van der Waals surface area contributed by atoms with E-state index >= 15 is 0 Å². The van der Waals surface area contributed by atoms with Crippen molar-refractivity contribution in [2.24, 2.45) is 0 Å². The van der Waals surface area contributed by atoms with E-state index < -0.39 is 0 Å². The molecule has 1 aromatic heterocycles. The number of hydrogen-bond donors (Lipinski definition) is 2. The molecule has 2 N–H and O–H groups in total. The molecule has 1 fully saturated rings. The molecule has 1 heterocycles. The number of aryl methyl sites for hydroxylation is 2. The van der Waals surface area contributed by atoms with E-state index in [9.17, 15) is 5.11 Å². The fraction of sp³-hybridized carbons (Fsp3) is 0.786. The summed E-state index contributed by atoms with van der Waals surface area (Å²) in [6.07, 6.45) is 5.09. The minimum atomic E-state index is -0.198. The molecule has 1 saturated carbocycles. The van der Waals surface area contributed by atoms with Crippen LogP contribution in [0.3, 0.4) is 0 Å². The average molecular weight is 330 g/mol. The average Bonchev–Trinajstić information content (AvgIpc) is 2.74. The summed E-state index contributed by atoms with van der Waals surface area (Å²) in [5.74, 6) is 0. The third-order valence-corrected chi connectivity index (χ3v) is 4.87. The van der Waals surface area contributed by atoms with Gasteiger partial charge in [0, 0.05) is 19.1 Å². The Bertz CT molecular complexity index is 419. The van der Waals surface area contributed by atoms with Crippen LogP contribution in [0.1, 0.15) is 50.9 Å². The number of aliphatic hydroxyl groups is 1. The summed E-state index contributed by atoms with van der Waals surface area (Å²) in [6, 6.07) is 0.228. The standard InChI is InChI=1S/C14H24BrN3O/c1-3-10-14(15)12(18(4-2)17-10)9-16-11-7-5-6-8-13(11)19/h11,13,16,19H,3-9H2,1-2H3. The van der Waals surface area contributed by atoms with Crippen LogP contribution in [0.15, 0.2) is 4.47 Å². The Hall–Kier alpha value is -0.390. The van der Waals surface area contributed by atoms with E-state index in [1.54, 1.807) is 0 Å². The molecule has 2 atom stereocenters. The highest BCUT2D eigenvalue weighted by molar-refractivity contribution is 9.10. The maximum absolute atomic E-state index is 10.00. The number of aliphatic hydroxyl groups excluding tert-OH is 1. The summed E-state index contributed by atoms with van der Waals surface area (Å²) < 4.78 is 3.17. The van der Waals surface area contributed by atoms with Crippen molar-refractivity contribution in [3.8, 4) is 0 Å². The van der Waals surface area contributed by atoms with Crippen LogP contribution in [0.4, 0.5) is 0 Å². The van der Waals surface area contributed by atoms with E-state index in [1.165, 1.54) is 12.1 Å². The molecule has 0 aliphatic heterocycles. The van der Waals surface area contributed by atoms with Crippen molar-refractivity contribution in [2.45, 2.75) is 71.2 Å². The quantitative estimate of drug-likeness (QED) is 0.873. The Labute approximate surface area is 123 Å². The van der Waals surface area contributed by atoms with Crippen LogP contribution >= 0.6 is 15.9 Å². The summed E-state index contributed by atoms with van der Waals surface area (Å²) in [6.45, 7) is 5.87. The lowest BCUT2D eigenvalue weighted by Gasteiger charge is -2.28. The van der Waals surface area contributed by atoms with E-state index in [0.717, 1.165) is 48.9 Å². The molecule has 2 unspecified atom stereocenters. The van der Waals surface area contributed by atoms with E-state index in [0.29, 0.717) is 0 Å². The lowest BCUT2D eigenvalue weighted by Crippen LogP contribution is -2.42. The van der Waals surface area contributed by atoms with E-state index in [4.69, 9.17) is 0 Å². The Kier molecular flexibility index (Phi) is 5.42. The van der Waals surface area contributed by atoms with Gasteiger partial charge in [-0.25, -0.2) is 0 Å². The van der Waals surface area contributed by atoms with Gasteiger partial charge in [0.25, 0.3) is 0 Å². The summed E-state index contributed by atoms with van der Waals surface area (Å²) in [5.41, 5.74) is 2.31. The van der Waals surface area contributed by atoms with Crippen LogP contribution in [0.2, 0.25) is 0 Å². The van der Waals surface area contributed by atoms with Gasteiger partial charge in [-0.05, 0) is 42.1 Å². The number of nitrogens with zero attached hydrogens (tertiary/aromatic N) is 2. The molecule has 1 aliphatic rings. The molecule has 19 heavy (non-hydrogen) atoms. The van der Waals surface area contributed by atoms with E-state index in [-0.39, 0.29) is 12.1 Å². The van der Waals surface area contributed by atoms with Crippen molar-refractivity contribution >= 4 is 15.9 Å². The zero-order valence-electron chi connectivity index (χ0n) is 11.8. The van der Waals surface area contributed by atoms with E-state index in [2.05, 4.69) is 40.2 Å². The second-order valence-electron chi connectivity index (χ2n) is 5.22. The van der Waals surface area contributed by atoms with Gasteiger partial charge in [-0.15, -0.1) is 0 Å². The number of halogens is 1. The topological polar surface area (TPSA) is 50.1 Å². The molecule has 4 nitrogen and oxygen atoms in total. The van der Waals surface area contributed by atoms with Gasteiger partial charge in [-0.1, -0.05) is 19.8 Å². The number of nitrogens with one attached hydrogen (secondary N) is 1. The lowest BCUT2D eigenvalue weighted by atomic mass is 9.92. The van der Waals surface area contributed by atoms with Gasteiger partial charge in [0.15, 0.2) is 0 Å². The molecule has 0 saturated heterocycles. The van der Waals surface area contributed by atoms with Crippen molar-refractivity contribution in [3.63, 3.8) is 0 Å². The van der Waals surface area contributed by atoms with Gasteiger partial charge < -0.3 is 10.4 Å².